The van der Waals surface area contributed by atoms with Gasteiger partial charge in [0, 0.05) is 24.9 Å². The third-order valence-corrected chi connectivity index (χ3v) is 4.09. The van der Waals surface area contributed by atoms with E-state index in [1.807, 2.05) is 26.2 Å². The average molecular weight is 338 g/mol. The first-order valence-electron chi connectivity index (χ1n) is 7.39. The minimum atomic E-state index is -0.382. The third kappa shape index (κ3) is 5.65. The quantitative estimate of drug-likeness (QED) is 0.403. The van der Waals surface area contributed by atoms with Crippen LogP contribution in [0, 0.1) is 10.1 Å². The lowest BCUT2D eigenvalue weighted by molar-refractivity contribution is -0.421. The Morgan fingerprint density at radius 2 is 2.22 bits per heavy atom. The molecule has 0 aliphatic carbocycles. The summed E-state index contributed by atoms with van der Waals surface area (Å²) in [5, 5.41) is 17.0. The first-order chi connectivity index (χ1) is 11.1. The number of nitrogens with zero attached hydrogens (tertiary/aromatic N) is 2. The van der Waals surface area contributed by atoms with Gasteiger partial charge in [0.15, 0.2) is 5.82 Å². The van der Waals surface area contributed by atoms with Crippen LogP contribution in [0.25, 0.3) is 0 Å². The molecule has 0 aromatic carbocycles. The van der Waals surface area contributed by atoms with Crippen LogP contribution in [0.4, 0.5) is 0 Å². The van der Waals surface area contributed by atoms with E-state index < -0.39 is 0 Å². The molecular formula is C15H22N4O3S. The van der Waals surface area contributed by atoms with Crippen LogP contribution in [-0.4, -0.2) is 42.8 Å². The van der Waals surface area contributed by atoms with E-state index in [4.69, 9.17) is 4.42 Å². The highest BCUT2D eigenvalue weighted by Gasteiger charge is 2.17. The van der Waals surface area contributed by atoms with Crippen molar-refractivity contribution in [2.75, 3.05) is 32.9 Å². The van der Waals surface area contributed by atoms with Crippen LogP contribution in [0.5, 0.6) is 0 Å². The van der Waals surface area contributed by atoms with Gasteiger partial charge in [-0.3, -0.25) is 10.1 Å². The highest BCUT2D eigenvalue weighted by atomic mass is 32.2. The zero-order valence-corrected chi connectivity index (χ0v) is 14.2. The van der Waals surface area contributed by atoms with E-state index in [9.17, 15) is 10.1 Å². The minimum absolute atomic E-state index is 0.0839. The van der Waals surface area contributed by atoms with E-state index in [1.165, 1.54) is 6.08 Å². The smallest absolute Gasteiger partial charge is 0.308 e. The molecule has 1 aromatic rings. The lowest BCUT2D eigenvalue weighted by Crippen LogP contribution is -2.33. The van der Waals surface area contributed by atoms with Crippen LogP contribution in [0.15, 0.2) is 40.2 Å². The van der Waals surface area contributed by atoms with Gasteiger partial charge < -0.3 is 20.0 Å². The maximum absolute atomic E-state index is 10.9. The second-order valence-corrected chi connectivity index (χ2v) is 6.49. The molecule has 0 saturated heterocycles. The van der Waals surface area contributed by atoms with Crippen molar-refractivity contribution in [1.29, 1.82) is 0 Å². The normalized spacial score (nSPS) is 14.2. The van der Waals surface area contributed by atoms with E-state index in [2.05, 4.69) is 15.5 Å². The van der Waals surface area contributed by atoms with E-state index in [0.29, 0.717) is 18.9 Å². The summed E-state index contributed by atoms with van der Waals surface area (Å²) in [6, 6.07) is 4.00. The molecule has 0 fully saturated rings. The average Bonchev–Trinajstić information content (AvgIpc) is 2.93. The topological polar surface area (TPSA) is 83.6 Å². The van der Waals surface area contributed by atoms with Gasteiger partial charge in [-0.25, -0.2) is 0 Å². The standard InChI is InChI=1S/C15H22N4O3S/c1-18(2)10-12-5-6-13(22-12)11-23-9-8-17-15-14(19(20)21)4-3-7-16-15/h3-6,16-17H,7-11H2,1-2H3. The van der Waals surface area contributed by atoms with Gasteiger partial charge >= 0.3 is 5.70 Å². The van der Waals surface area contributed by atoms with Crippen molar-refractivity contribution in [2.24, 2.45) is 0 Å². The molecule has 1 aliphatic heterocycles. The molecule has 23 heavy (non-hydrogen) atoms. The Kier molecular flexibility index (Phi) is 6.54. The van der Waals surface area contributed by atoms with Crippen LogP contribution in [0.1, 0.15) is 11.5 Å². The van der Waals surface area contributed by atoms with Gasteiger partial charge in [0.05, 0.1) is 17.2 Å². The number of nitrogens with one attached hydrogen (secondary N) is 2. The van der Waals surface area contributed by atoms with Crippen LogP contribution < -0.4 is 10.6 Å². The summed E-state index contributed by atoms with van der Waals surface area (Å²) in [5.74, 6) is 4.04. The molecule has 0 bridgehead atoms. The molecule has 0 unspecified atom stereocenters. The molecule has 2 N–H and O–H groups in total. The molecule has 0 atom stereocenters. The van der Waals surface area contributed by atoms with Gasteiger partial charge in [-0.1, -0.05) is 6.08 Å². The second-order valence-electron chi connectivity index (χ2n) is 5.39. The maximum Gasteiger partial charge on any atom is 0.308 e. The number of furan rings is 1. The summed E-state index contributed by atoms with van der Waals surface area (Å²) in [5.41, 5.74) is 0.0839. The third-order valence-electron chi connectivity index (χ3n) is 3.11. The number of rotatable bonds is 9. The predicted octanol–water partition coefficient (Wildman–Crippen LogP) is 1.77. The highest BCUT2D eigenvalue weighted by molar-refractivity contribution is 7.98. The van der Waals surface area contributed by atoms with Gasteiger partial charge in [-0.15, -0.1) is 0 Å². The van der Waals surface area contributed by atoms with Crippen LogP contribution in [0.2, 0.25) is 0 Å². The molecule has 0 saturated carbocycles. The van der Waals surface area contributed by atoms with Gasteiger partial charge in [-0.05, 0) is 26.2 Å². The van der Waals surface area contributed by atoms with Crippen molar-refractivity contribution in [3.63, 3.8) is 0 Å². The monoisotopic (exact) mass is 338 g/mol. The fourth-order valence-corrected chi connectivity index (χ4v) is 2.88. The van der Waals surface area contributed by atoms with Gasteiger partial charge in [0.25, 0.3) is 0 Å². The Hall–Kier alpha value is -1.93. The molecule has 126 valence electrons. The molecule has 7 nitrogen and oxygen atoms in total. The molecule has 0 spiro atoms. The zero-order chi connectivity index (χ0) is 16.7. The lowest BCUT2D eigenvalue weighted by Gasteiger charge is -2.14. The number of dihydropyridines is 1. The molecule has 8 heteroatoms. The molecule has 2 heterocycles. The summed E-state index contributed by atoms with van der Waals surface area (Å²) in [6.45, 7) is 2.06. The van der Waals surface area contributed by atoms with Crippen LogP contribution in [-0.2, 0) is 12.3 Å². The predicted molar refractivity (Wildman–Crippen MR) is 91.4 cm³/mol. The first-order valence-corrected chi connectivity index (χ1v) is 8.54. The summed E-state index contributed by atoms with van der Waals surface area (Å²) in [7, 11) is 4.01. The van der Waals surface area contributed by atoms with E-state index >= 15 is 0 Å². The van der Waals surface area contributed by atoms with Crippen molar-refractivity contribution in [1.82, 2.24) is 15.5 Å². The molecular weight excluding hydrogens is 316 g/mol. The number of thioether (sulfide) groups is 1. The summed E-state index contributed by atoms with van der Waals surface area (Å²) < 4.78 is 5.74. The number of nitro groups is 1. The molecule has 1 aromatic heterocycles. The van der Waals surface area contributed by atoms with E-state index in [1.54, 1.807) is 17.8 Å². The summed E-state index contributed by atoms with van der Waals surface area (Å²) in [4.78, 5) is 12.6. The van der Waals surface area contributed by atoms with E-state index in [0.717, 1.165) is 29.6 Å². The minimum Gasteiger partial charge on any atom is -0.464 e. The van der Waals surface area contributed by atoms with Crippen LogP contribution >= 0.6 is 11.8 Å². The van der Waals surface area contributed by atoms with Crippen molar-refractivity contribution in [3.05, 3.63) is 57.4 Å². The highest BCUT2D eigenvalue weighted by Crippen LogP contribution is 2.16. The van der Waals surface area contributed by atoms with Crippen molar-refractivity contribution in [3.8, 4) is 0 Å². The fourth-order valence-electron chi connectivity index (χ4n) is 2.13. The molecule has 0 amide bonds. The van der Waals surface area contributed by atoms with E-state index in [-0.39, 0.29) is 10.6 Å². The fraction of sp³-hybridized carbons (Fsp3) is 0.467. The van der Waals surface area contributed by atoms with Crippen molar-refractivity contribution >= 4 is 11.8 Å². The number of hydrogen-bond acceptors (Lipinski definition) is 7. The Balaban J connectivity index is 1.70. The SMILES string of the molecule is CN(C)Cc1ccc(CSCCNC2=C([N+](=O)[O-])C=CCN2)o1. The Bertz CT molecular complexity index is 595. The summed E-state index contributed by atoms with van der Waals surface area (Å²) >= 11 is 1.73. The van der Waals surface area contributed by atoms with Crippen LogP contribution in [0.3, 0.4) is 0 Å². The zero-order valence-electron chi connectivity index (χ0n) is 13.4. The number of allylic oxidation sites excluding steroid dienone is 1. The molecule has 1 aliphatic rings. The van der Waals surface area contributed by atoms with Gasteiger partial charge in [-0.2, -0.15) is 11.8 Å². The second kappa shape index (κ2) is 8.64. The van der Waals surface area contributed by atoms with Gasteiger partial charge in [0.2, 0.25) is 0 Å². The van der Waals surface area contributed by atoms with Crippen molar-refractivity contribution < 1.29 is 9.34 Å². The largest absolute Gasteiger partial charge is 0.464 e. The Morgan fingerprint density at radius 3 is 2.96 bits per heavy atom. The molecule has 2 rings (SSSR count). The van der Waals surface area contributed by atoms with Crippen molar-refractivity contribution in [2.45, 2.75) is 12.3 Å². The Morgan fingerprint density at radius 1 is 1.43 bits per heavy atom. The van der Waals surface area contributed by atoms with Gasteiger partial charge in [0.1, 0.15) is 11.5 Å². The summed E-state index contributed by atoms with van der Waals surface area (Å²) in [6.07, 6.45) is 3.27. The Labute approximate surface area is 139 Å². The maximum atomic E-state index is 10.9. The lowest BCUT2D eigenvalue weighted by atomic mass is 10.3. The number of hydrogen-bond donors (Lipinski definition) is 2. The molecule has 0 radical (unpaired) electrons. The first kappa shape index (κ1) is 17.4.